The minimum atomic E-state index is -1.19. The Balaban J connectivity index is 1.98. The summed E-state index contributed by atoms with van der Waals surface area (Å²) in [5.41, 5.74) is 1.08. The smallest absolute Gasteiger partial charge is 0.337 e. The Kier molecular flexibility index (Phi) is 5.26. The van der Waals surface area contributed by atoms with Crippen LogP contribution in [0.25, 0.3) is 0 Å². The Morgan fingerprint density at radius 1 is 1.12 bits per heavy atom. The van der Waals surface area contributed by atoms with Gasteiger partial charge >= 0.3 is 5.97 Å². The van der Waals surface area contributed by atoms with Gasteiger partial charge in [0.1, 0.15) is 0 Å². The van der Waals surface area contributed by atoms with Crippen LogP contribution in [0.2, 0.25) is 0 Å². The van der Waals surface area contributed by atoms with E-state index in [0.29, 0.717) is 5.69 Å². The van der Waals surface area contributed by atoms with Gasteiger partial charge in [-0.25, -0.2) is 4.79 Å². The van der Waals surface area contributed by atoms with Gasteiger partial charge in [-0.15, -0.1) is 0 Å². The van der Waals surface area contributed by atoms with Crippen LogP contribution in [-0.2, 0) is 10.2 Å². The summed E-state index contributed by atoms with van der Waals surface area (Å²) in [4.78, 5) is 39.5. The van der Waals surface area contributed by atoms with E-state index in [0.717, 1.165) is 22.6 Å². The summed E-state index contributed by atoms with van der Waals surface area (Å²) in [6, 6.07) is 9.66. The molecule has 0 spiro atoms. The van der Waals surface area contributed by atoms with Crippen molar-refractivity contribution >= 4 is 17.6 Å². The summed E-state index contributed by atoms with van der Waals surface area (Å²) in [5, 5.41) is 11.6. The van der Waals surface area contributed by atoms with Crippen molar-refractivity contribution in [2.45, 2.75) is 26.2 Å². The molecule has 0 radical (unpaired) electrons. The first-order chi connectivity index (χ1) is 11.7. The lowest BCUT2D eigenvalue weighted by Crippen LogP contribution is -2.32. The third-order valence-corrected chi connectivity index (χ3v) is 3.50. The van der Waals surface area contributed by atoms with E-state index >= 15 is 0 Å². The van der Waals surface area contributed by atoms with E-state index < -0.39 is 24.0 Å². The zero-order valence-electron chi connectivity index (χ0n) is 14.3. The number of carbonyl (C=O) groups is 2. The maximum Gasteiger partial charge on any atom is 0.337 e. The normalized spacial score (nSPS) is 11.0. The Morgan fingerprint density at radius 3 is 2.32 bits per heavy atom. The predicted molar refractivity (Wildman–Crippen MR) is 92.9 cm³/mol. The summed E-state index contributed by atoms with van der Waals surface area (Å²) >= 11 is 0. The van der Waals surface area contributed by atoms with Crippen molar-refractivity contribution in [3.8, 4) is 0 Å². The van der Waals surface area contributed by atoms with Crippen molar-refractivity contribution in [1.29, 1.82) is 0 Å². The molecule has 0 fully saturated rings. The Labute approximate surface area is 144 Å². The van der Waals surface area contributed by atoms with Gasteiger partial charge in [0.25, 0.3) is 11.5 Å². The molecule has 1 aromatic carbocycles. The molecule has 7 nitrogen and oxygen atoms in total. The highest BCUT2D eigenvalue weighted by Gasteiger charge is 2.13. The quantitative estimate of drug-likeness (QED) is 0.863. The third-order valence-electron chi connectivity index (χ3n) is 3.50. The molecule has 2 N–H and O–H groups in total. The topological polar surface area (TPSA) is 97.6 Å². The number of carboxylic acid groups (broad SMARTS) is 1. The first-order valence-corrected chi connectivity index (χ1v) is 7.66. The number of hydrogen-bond donors (Lipinski definition) is 2. The van der Waals surface area contributed by atoms with Crippen LogP contribution in [0.1, 0.15) is 36.7 Å². The number of amides is 1. The maximum atomic E-state index is 11.9. The third kappa shape index (κ3) is 4.94. The monoisotopic (exact) mass is 344 g/mol. The van der Waals surface area contributed by atoms with E-state index in [9.17, 15) is 14.4 Å². The summed E-state index contributed by atoms with van der Waals surface area (Å²) in [5.74, 6) is -1.66. The van der Waals surface area contributed by atoms with Gasteiger partial charge in [0, 0.05) is 11.8 Å². The second-order valence-electron chi connectivity index (χ2n) is 6.54. The molecule has 132 valence electrons. The zero-order valence-corrected chi connectivity index (χ0v) is 14.3. The minimum Gasteiger partial charge on any atom is -0.478 e. The standard InChI is InChI=1S/C18H20N2O5/c1-18(2,3)13-5-7-14(8-6-13)19-15(21)11-25-20-10-12(17(23)24)4-9-16(20)22/h4-10H,11H2,1-3H3,(H,19,21)(H,23,24). The zero-order chi connectivity index (χ0) is 18.6. The first kappa shape index (κ1) is 18.3. The van der Waals surface area contributed by atoms with Gasteiger partial charge in [-0.1, -0.05) is 32.9 Å². The fourth-order valence-electron chi connectivity index (χ4n) is 2.07. The molecule has 0 unspecified atom stereocenters. The van der Waals surface area contributed by atoms with Gasteiger partial charge in [-0.2, -0.15) is 4.73 Å². The molecule has 1 amide bonds. The van der Waals surface area contributed by atoms with Crippen LogP contribution in [0.4, 0.5) is 5.69 Å². The molecule has 2 rings (SSSR count). The fourth-order valence-corrected chi connectivity index (χ4v) is 2.07. The number of nitrogens with zero attached hydrogens (tertiary/aromatic N) is 1. The molecule has 0 atom stereocenters. The number of pyridine rings is 1. The van der Waals surface area contributed by atoms with Crippen molar-refractivity contribution in [1.82, 2.24) is 4.73 Å². The van der Waals surface area contributed by atoms with Crippen molar-refractivity contribution in [2.24, 2.45) is 0 Å². The van der Waals surface area contributed by atoms with E-state index in [2.05, 4.69) is 26.1 Å². The number of rotatable bonds is 5. The number of aromatic carboxylic acids is 1. The maximum absolute atomic E-state index is 11.9. The molecule has 0 aliphatic heterocycles. The summed E-state index contributed by atoms with van der Waals surface area (Å²) in [6.07, 6.45) is 1.02. The Hall–Kier alpha value is -3.09. The van der Waals surface area contributed by atoms with E-state index in [4.69, 9.17) is 9.94 Å². The first-order valence-electron chi connectivity index (χ1n) is 7.66. The van der Waals surface area contributed by atoms with Gasteiger partial charge in [-0.05, 0) is 29.2 Å². The average molecular weight is 344 g/mol. The Bertz CT molecular complexity index is 832. The molecular formula is C18H20N2O5. The van der Waals surface area contributed by atoms with E-state index in [1.165, 1.54) is 6.07 Å². The van der Waals surface area contributed by atoms with Crippen molar-refractivity contribution in [2.75, 3.05) is 11.9 Å². The molecule has 0 aliphatic carbocycles. The van der Waals surface area contributed by atoms with Crippen molar-refractivity contribution in [3.05, 3.63) is 64.1 Å². The molecule has 0 saturated carbocycles. The van der Waals surface area contributed by atoms with Crippen LogP contribution >= 0.6 is 0 Å². The predicted octanol–water partition coefficient (Wildman–Crippen LogP) is 1.91. The number of nitrogens with one attached hydrogen (secondary N) is 1. The van der Waals surface area contributed by atoms with Crippen molar-refractivity contribution in [3.63, 3.8) is 0 Å². The van der Waals surface area contributed by atoms with Gasteiger partial charge < -0.3 is 15.3 Å². The molecule has 25 heavy (non-hydrogen) atoms. The SMILES string of the molecule is CC(C)(C)c1ccc(NC(=O)COn2cc(C(=O)O)ccc2=O)cc1. The van der Waals surface area contributed by atoms with Gasteiger partial charge in [-0.3, -0.25) is 9.59 Å². The van der Waals surface area contributed by atoms with Crippen LogP contribution in [0.3, 0.4) is 0 Å². The van der Waals surface area contributed by atoms with Crippen LogP contribution in [0.15, 0.2) is 47.4 Å². The molecular weight excluding hydrogens is 324 g/mol. The summed E-state index contributed by atoms with van der Waals surface area (Å²) in [7, 11) is 0. The molecule has 1 aromatic heterocycles. The van der Waals surface area contributed by atoms with Crippen LogP contribution in [0, 0.1) is 0 Å². The van der Waals surface area contributed by atoms with E-state index in [1.54, 1.807) is 12.1 Å². The van der Waals surface area contributed by atoms with Crippen molar-refractivity contribution < 1.29 is 19.5 Å². The number of anilines is 1. The van der Waals surface area contributed by atoms with Crippen LogP contribution in [-0.4, -0.2) is 28.3 Å². The summed E-state index contributed by atoms with van der Waals surface area (Å²) in [6.45, 7) is 5.86. The van der Waals surface area contributed by atoms with Gasteiger partial charge in [0.05, 0.1) is 11.8 Å². The van der Waals surface area contributed by atoms with Crippen LogP contribution < -0.4 is 15.7 Å². The number of carbonyl (C=O) groups excluding carboxylic acids is 1. The Morgan fingerprint density at radius 2 is 1.76 bits per heavy atom. The van der Waals surface area contributed by atoms with Gasteiger partial charge in [0.15, 0.2) is 6.61 Å². The van der Waals surface area contributed by atoms with Crippen LogP contribution in [0.5, 0.6) is 0 Å². The lowest BCUT2D eigenvalue weighted by Gasteiger charge is -2.19. The highest BCUT2D eigenvalue weighted by molar-refractivity contribution is 5.91. The molecule has 0 saturated heterocycles. The number of aromatic nitrogens is 1. The highest BCUT2D eigenvalue weighted by Crippen LogP contribution is 2.23. The number of hydrogen-bond acceptors (Lipinski definition) is 4. The lowest BCUT2D eigenvalue weighted by atomic mass is 9.87. The lowest BCUT2D eigenvalue weighted by molar-refractivity contribution is -0.120. The molecule has 2 aromatic rings. The molecule has 0 aliphatic rings. The second kappa shape index (κ2) is 7.21. The number of benzene rings is 1. The largest absolute Gasteiger partial charge is 0.478 e. The van der Waals surface area contributed by atoms with E-state index in [-0.39, 0.29) is 11.0 Å². The minimum absolute atomic E-state index is 0.0158. The summed E-state index contributed by atoms with van der Waals surface area (Å²) < 4.78 is 0.728. The molecule has 7 heteroatoms. The molecule has 0 bridgehead atoms. The molecule has 1 heterocycles. The van der Waals surface area contributed by atoms with E-state index in [1.807, 2.05) is 12.1 Å². The van der Waals surface area contributed by atoms with Gasteiger partial charge in [0.2, 0.25) is 0 Å². The second-order valence-corrected chi connectivity index (χ2v) is 6.54. The fraction of sp³-hybridized carbons (Fsp3) is 0.278. The highest BCUT2D eigenvalue weighted by atomic mass is 16.7. The average Bonchev–Trinajstić information content (AvgIpc) is 2.53. The number of carboxylic acids is 1.